The van der Waals surface area contributed by atoms with E-state index in [0.29, 0.717) is 12.1 Å². The number of hydrogen-bond acceptors (Lipinski definition) is 2. The van der Waals surface area contributed by atoms with E-state index < -0.39 is 5.41 Å². The molecule has 4 nitrogen and oxygen atoms in total. The van der Waals surface area contributed by atoms with Gasteiger partial charge in [0.1, 0.15) is 0 Å². The fraction of sp³-hybridized carbons (Fsp3) is 0.263. The highest BCUT2D eigenvalue weighted by Gasteiger charge is 2.38. The lowest BCUT2D eigenvalue weighted by molar-refractivity contribution is -0.119. The van der Waals surface area contributed by atoms with Crippen molar-refractivity contribution in [3.8, 4) is 0 Å². The van der Waals surface area contributed by atoms with Gasteiger partial charge < -0.3 is 10.2 Å². The molecule has 0 unspecified atom stereocenters. The summed E-state index contributed by atoms with van der Waals surface area (Å²) >= 11 is 0. The second-order valence-electron chi connectivity index (χ2n) is 6.22. The summed E-state index contributed by atoms with van der Waals surface area (Å²) in [6.07, 6.45) is 0. The van der Waals surface area contributed by atoms with Gasteiger partial charge in [-0.1, -0.05) is 18.2 Å². The molecule has 1 N–H and O–H groups in total. The number of carbonyl (C=O) groups excluding carboxylic acids is 2. The number of nitrogens with zero attached hydrogens (tertiary/aromatic N) is 1. The van der Waals surface area contributed by atoms with Gasteiger partial charge >= 0.3 is 0 Å². The first kappa shape index (κ1) is 15.3. The predicted octanol–water partition coefficient (Wildman–Crippen LogP) is 3.58. The van der Waals surface area contributed by atoms with E-state index in [2.05, 4.69) is 5.32 Å². The Bertz CT molecular complexity index is 766. The Kier molecular flexibility index (Phi) is 3.68. The molecule has 0 fully saturated rings. The minimum atomic E-state index is -0.616. The number of anilines is 2. The number of nitrogens with one attached hydrogen (secondary N) is 1. The zero-order valence-corrected chi connectivity index (χ0v) is 13.6. The van der Waals surface area contributed by atoms with Crippen LogP contribution in [-0.4, -0.2) is 18.4 Å². The fourth-order valence-corrected chi connectivity index (χ4v) is 2.91. The lowest BCUT2D eigenvalue weighted by atomic mass is 9.85. The molecule has 23 heavy (non-hydrogen) atoms. The van der Waals surface area contributed by atoms with E-state index in [9.17, 15) is 9.59 Å². The summed E-state index contributed by atoms with van der Waals surface area (Å²) in [5.41, 5.74) is 2.51. The van der Waals surface area contributed by atoms with Crippen molar-refractivity contribution in [2.24, 2.45) is 0 Å². The standard InChI is InChI=1S/C19H20N2O2/c1-4-21(14-8-6-5-7-9-14)17(22)13-10-11-16-15(12-13)19(2,3)18(23)20-16/h5-12H,4H2,1-3H3,(H,20,23). The third kappa shape index (κ3) is 2.50. The molecule has 1 aliphatic heterocycles. The second-order valence-corrected chi connectivity index (χ2v) is 6.22. The predicted molar refractivity (Wildman–Crippen MR) is 91.9 cm³/mol. The maximum absolute atomic E-state index is 12.9. The Hall–Kier alpha value is -2.62. The van der Waals surface area contributed by atoms with E-state index >= 15 is 0 Å². The highest BCUT2D eigenvalue weighted by molar-refractivity contribution is 6.09. The highest BCUT2D eigenvalue weighted by Crippen LogP contribution is 2.38. The van der Waals surface area contributed by atoms with Crippen molar-refractivity contribution < 1.29 is 9.59 Å². The van der Waals surface area contributed by atoms with Gasteiger partial charge in [0.2, 0.25) is 5.91 Å². The van der Waals surface area contributed by atoms with Crippen molar-refractivity contribution >= 4 is 23.2 Å². The normalized spacial score (nSPS) is 15.0. The molecule has 118 valence electrons. The van der Waals surface area contributed by atoms with Crippen LogP contribution < -0.4 is 10.2 Å². The van der Waals surface area contributed by atoms with E-state index in [1.807, 2.05) is 63.2 Å². The maximum Gasteiger partial charge on any atom is 0.258 e. The summed E-state index contributed by atoms with van der Waals surface area (Å²) in [5.74, 6) is -0.0934. The van der Waals surface area contributed by atoms with Crippen LogP contribution in [0.3, 0.4) is 0 Å². The molecule has 0 radical (unpaired) electrons. The van der Waals surface area contributed by atoms with Gasteiger partial charge in [-0.2, -0.15) is 0 Å². The van der Waals surface area contributed by atoms with Crippen molar-refractivity contribution in [1.29, 1.82) is 0 Å². The topological polar surface area (TPSA) is 49.4 Å². The van der Waals surface area contributed by atoms with Crippen molar-refractivity contribution in [1.82, 2.24) is 0 Å². The molecule has 1 heterocycles. The van der Waals surface area contributed by atoms with Gasteiger partial charge in [-0.05, 0) is 56.7 Å². The fourth-order valence-electron chi connectivity index (χ4n) is 2.91. The molecule has 1 aliphatic rings. The molecule has 4 heteroatoms. The maximum atomic E-state index is 12.9. The average Bonchev–Trinajstić information content (AvgIpc) is 2.78. The molecule has 0 saturated carbocycles. The third-order valence-corrected chi connectivity index (χ3v) is 4.38. The summed E-state index contributed by atoms with van der Waals surface area (Å²) in [6.45, 7) is 6.28. The number of carbonyl (C=O) groups is 2. The van der Waals surface area contributed by atoms with Gasteiger partial charge in [0, 0.05) is 23.5 Å². The average molecular weight is 308 g/mol. The van der Waals surface area contributed by atoms with Gasteiger partial charge in [-0.25, -0.2) is 0 Å². The van der Waals surface area contributed by atoms with Gasteiger partial charge in [0.25, 0.3) is 5.91 Å². The minimum absolute atomic E-state index is 0.0347. The van der Waals surface area contributed by atoms with Crippen molar-refractivity contribution in [3.63, 3.8) is 0 Å². The molecular formula is C19H20N2O2. The van der Waals surface area contributed by atoms with Gasteiger partial charge in [0.15, 0.2) is 0 Å². The lowest BCUT2D eigenvalue weighted by Gasteiger charge is -2.22. The summed E-state index contributed by atoms with van der Waals surface area (Å²) in [5, 5.41) is 2.86. The van der Waals surface area contributed by atoms with Crippen LogP contribution in [0.5, 0.6) is 0 Å². The van der Waals surface area contributed by atoms with Crippen molar-refractivity contribution in [2.75, 3.05) is 16.8 Å². The number of para-hydroxylation sites is 1. The first-order valence-electron chi connectivity index (χ1n) is 7.78. The molecule has 0 aliphatic carbocycles. The minimum Gasteiger partial charge on any atom is -0.325 e. The first-order valence-corrected chi connectivity index (χ1v) is 7.78. The Labute approximate surface area is 136 Å². The lowest BCUT2D eigenvalue weighted by Crippen LogP contribution is -2.31. The Morgan fingerprint density at radius 2 is 1.83 bits per heavy atom. The van der Waals surface area contributed by atoms with Crippen LogP contribution in [-0.2, 0) is 10.2 Å². The Morgan fingerprint density at radius 3 is 2.48 bits per heavy atom. The highest BCUT2D eigenvalue weighted by atomic mass is 16.2. The number of amides is 2. The number of fused-ring (bicyclic) bond motifs is 1. The van der Waals surface area contributed by atoms with Crippen LogP contribution in [0.25, 0.3) is 0 Å². The summed E-state index contributed by atoms with van der Waals surface area (Å²) in [6, 6.07) is 15.0. The molecule has 2 aromatic rings. The van der Waals surface area contributed by atoms with E-state index in [1.54, 1.807) is 11.0 Å². The van der Waals surface area contributed by atoms with Crippen molar-refractivity contribution in [2.45, 2.75) is 26.2 Å². The molecule has 0 spiro atoms. The van der Waals surface area contributed by atoms with E-state index in [4.69, 9.17) is 0 Å². The third-order valence-electron chi connectivity index (χ3n) is 4.38. The summed E-state index contributed by atoms with van der Waals surface area (Å²) in [4.78, 5) is 26.7. The monoisotopic (exact) mass is 308 g/mol. The molecule has 0 bridgehead atoms. The summed E-state index contributed by atoms with van der Waals surface area (Å²) in [7, 11) is 0. The molecule has 0 aromatic heterocycles. The quantitative estimate of drug-likeness (QED) is 0.942. The van der Waals surface area contributed by atoms with Crippen LogP contribution in [0.15, 0.2) is 48.5 Å². The molecule has 3 rings (SSSR count). The SMILES string of the molecule is CCN(C(=O)c1ccc2c(c1)C(C)(C)C(=O)N2)c1ccccc1. The van der Waals surface area contributed by atoms with Crippen LogP contribution in [0.4, 0.5) is 11.4 Å². The molecule has 2 aromatic carbocycles. The van der Waals surface area contributed by atoms with Crippen LogP contribution >= 0.6 is 0 Å². The summed E-state index contributed by atoms with van der Waals surface area (Å²) < 4.78 is 0. The van der Waals surface area contributed by atoms with E-state index in [0.717, 1.165) is 16.9 Å². The molecule has 0 saturated heterocycles. The van der Waals surface area contributed by atoms with E-state index in [-0.39, 0.29) is 11.8 Å². The van der Waals surface area contributed by atoms with Crippen molar-refractivity contribution in [3.05, 3.63) is 59.7 Å². The van der Waals surface area contributed by atoms with Crippen LogP contribution in [0.1, 0.15) is 36.7 Å². The van der Waals surface area contributed by atoms with Crippen LogP contribution in [0, 0.1) is 0 Å². The molecule has 0 atom stereocenters. The van der Waals surface area contributed by atoms with Gasteiger partial charge in [0.05, 0.1) is 5.41 Å². The van der Waals surface area contributed by atoms with Gasteiger partial charge in [-0.15, -0.1) is 0 Å². The van der Waals surface area contributed by atoms with E-state index in [1.165, 1.54) is 0 Å². The Balaban J connectivity index is 1.98. The number of hydrogen-bond donors (Lipinski definition) is 1. The second kappa shape index (κ2) is 5.54. The first-order chi connectivity index (χ1) is 10.9. The molecule has 2 amide bonds. The smallest absolute Gasteiger partial charge is 0.258 e. The Morgan fingerprint density at radius 1 is 1.13 bits per heavy atom. The zero-order chi connectivity index (χ0) is 16.6. The number of benzene rings is 2. The van der Waals surface area contributed by atoms with Gasteiger partial charge in [-0.3, -0.25) is 9.59 Å². The largest absolute Gasteiger partial charge is 0.325 e. The number of rotatable bonds is 3. The van der Waals surface area contributed by atoms with Crippen LogP contribution in [0.2, 0.25) is 0 Å². The molecular weight excluding hydrogens is 288 g/mol. The zero-order valence-electron chi connectivity index (χ0n) is 13.6.